The molecule has 2 aromatic carbocycles. The zero-order valence-electron chi connectivity index (χ0n) is 15.6. The molecule has 4 rings (SSSR count). The molecule has 0 atom stereocenters. The maximum Gasteiger partial charge on any atom is 0.269 e. The Bertz CT molecular complexity index is 1090. The third-order valence-electron chi connectivity index (χ3n) is 4.45. The summed E-state index contributed by atoms with van der Waals surface area (Å²) in [4.78, 5) is 24.2. The highest BCUT2D eigenvalue weighted by Gasteiger charge is 2.31. The molecule has 30 heavy (non-hydrogen) atoms. The van der Waals surface area contributed by atoms with Crippen LogP contribution in [-0.2, 0) is 4.79 Å². The van der Waals surface area contributed by atoms with Crippen LogP contribution in [0.4, 0.5) is 4.39 Å². The molecule has 0 bridgehead atoms. The number of carbonyl (C=O) groups is 2. The highest BCUT2D eigenvalue weighted by atomic mass is 35.5. The van der Waals surface area contributed by atoms with Gasteiger partial charge in [0.05, 0.1) is 11.3 Å². The summed E-state index contributed by atoms with van der Waals surface area (Å²) in [6.07, 6.45) is 1.91. The predicted octanol–water partition coefficient (Wildman–Crippen LogP) is 3.63. The number of hydrazine groups is 1. The van der Waals surface area contributed by atoms with Crippen LogP contribution >= 0.6 is 23.4 Å². The quantitative estimate of drug-likeness (QED) is 0.447. The smallest absolute Gasteiger partial charge is 0.269 e. The minimum atomic E-state index is -0.451. The fourth-order valence-corrected chi connectivity index (χ4v) is 3.76. The van der Waals surface area contributed by atoms with E-state index in [1.807, 2.05) is 4.57 Å². The molecule has 1 fully saturated rings. The first-order valence-electron chi connectivity index (χ1n) is 9.20. The van der Waals surface area contributed by atoms with E-state index in [1.54, 1.807) is 42.5 Å². The van der Waals surface area contributed by atoms with Gasteiger partial charge in [0.25, 0.3) is 5.91 Å². The summed E-state index contributed by atoms with van der Waals surface area (Å²) in [6.45, 7) is 0. The lowest BCUT2D eigenvalue weighted by Gasteiger charge is -2.10. The second kappa shape index (κ2) is 8.85. The number of rotatable bonds is 6. The summed E-state index contributed by atoms with van der Waals surface area (Å²) < 4.78 is 16.1. The van der Waals surface area contributed by atoms with Crippen LogP contribution in [0.25, 0.3) is 11.4 Å². The van der Waals surface area contributed by atoms with Crippen molar-refractivity contribution in [1.29, 1.82) is 0 Å². The number of benzene rings is 2. The molecule has 2 amide bonds. The number of carbonyl (C=O) groups excluding carboxylic acids is 2. The van der Waals surface area contributed by atoms with Crippen molar-refractivity contribution in [3.8, 4) is 11.4 Å². The van der Waals surface area contributed by atoms with Crippen molar-refractivity contribution in [2.24, 2.45) is 0 Å². The maximum atomic E-state index is 14.2. The Morgan fingerprint density at radius 2 is 1.83 bits per heavy atom. The van der Waals surface area contributed by atoms with Crippen LogP contribution in [0.5, 0.6) is 0 Å². The summed E-state index contributed by atoms with van der Waals surface area (Å²) in [6, 6.07) is 12.9. The molecule has 1 aliphatic carbocycles. The normalized spacial score (nSPS) is 13.1. The van der Waals surface area contributed by atoms with Gasteiger partial charge < -0.3 is 0 Å². The molecule has 3 aromatic rings. The number of nitrogens with one attached hydrogen (secondary N) is 2. The van der Waals surface area contributed by atoms with E-state index in [4.69, 9.17) is 11.6 Å². The molecule has 1 aromatic heterocycles. The molecular formula is C20H17ClFN5O2S. The van der Waals surface area contributed by atoms with E-state index < -0.39 is 11.8 Å². The summed E-state index contributed by atoms with van der Waals surface area (Å²) in [5.74, 6) is -0.753. The Balaban J connectivity index is 1.38. The minimum absolute atomic E-state index is 0.0169. The zero-order chi connectivity index (χ0) is 21.1. The minimum Gasteiger partial charge on any atom is -0.299 e. The predicted molar refractivity (Wildman–Crippen MR) is 111 cm³/mol. The fourth-order valence-electron chi connectivity index (χ4n) is 2.83. The lowest BCUT2D eigenvalue weighted by molar-refractivity contribution is -0.119. The van der Waals surface area contributed by atoms with E-state index in [0.29, 0.717) is 27.1 Å². The Labute approximate surface area is 181 Å². The number of aromatic nitrogens is 3. The molecular weight excluding hydrogens is 429 g/mol. The molecule has 0 saturated heterocycles. The third-order valence-corrected chi connectivity index (χ3v) is 5.64. The van der Waals surface area contributed by atoms with E-state index >= 15 is 0 Å². The Hall–Kier alpha value is -2.91. The van der Waals surface area contributed by atoms with E-state index in [1.165, 1.54) is 17.8 Å². The standard InChI is InChI=1S/C20H17ClFN5O2S/c21-13-7-5-12(6-8-13)19(29)25-23-17(28)11-30-20-26-24-18(27(20)14-9-10-14)15-3-1-2-4-16(15)22/h1-8,14H,9-11H2,(H,23,28)(H,25,29). The molecule has 1 heterocycles. The first kappa shape index (κ1) is 20.4. The first-order chi connectivity index (χ1) is 14.5. The van der Waals surface area contributed by atoms with Gasteiger partial charge in [-0.15, -0.1) is 10.2 Å². The molecule has 1 aliphatic rings. The highest BCUT2D eigenvalue weighted by Crippen LogP contribution is 2.41. The van der Waals surface area contributed by atoms with Crippen molar-refractivity contribution in [3.63, 3.8) is 0 Å². The summed E-state index contributed by atoms with van der Waals surface area (Å²) in [5, 5.41) is 9.35. The van der Waals surface area contributed by atoms with Crippen molar-refractivity contribution in [1.82, 2.24) is 25.6 Å². The molecule has 0 unspecified atom stereocenters. The average molecular weight is 446 g/mol. The van der Waals surface area contributed by atoms with Gasteiger partial charge in [0.1, 0.15) is 5.82 Å². The molecule has 0 spiro atoms. The van der Waals surface area contributed by atoms with Crippen LogP contribution in [-0.4, -0.2) is 32.3 Å². The van der Waals surface area contributed by atoms with Crippen LogP contribution in [0, 0.1) is 5.82 Å². The van der Waals surface area contributed by atoms with Crippen molar-refractivity contribution in [2.75, 3.05) is 5.75 Å². The van der Waals surface area contributed by atoms with Gasteiger partial charge >= 0.3 is 0 Å². The topological polar surface area (TPSA) is 88.9 Å². The van der Waals surface area contributed by atoms with Crippen molar-refractivity contribution in [3.05, 3.63) is 64.9 Å². The molecule has 2 N–H and O–H groups in total. The van der Waals surface area contributed by atoms with Gasteiger partial charge in [-0.1, -0.05) is 35.5 Å². The maximum absolute atomic E-state index is 14.2. The van der Waals surface area contributed by atoms with Crippen molar-refractivity contribution >= 4 is 35.2 Å². The van der Waals surface area contributed by atoms with Crippen LogP contribution in [0.3, 0.4) is 0 Å². The van der Waals surface area contributed by atoms with Crippen LogP contribution < -0.4 is 10.9 Å². The molecule has 1 saturated carbocycles. The third kappa shape index (κ3) is 4.63. The van der Waals surface area contributed by atoms with Gasteiger partial charge in [-0.3, -0.25) is 25.0 Å². The Kier molecular flexibility index (Phi) is 6.01. The Morgan fingerprint density at radius 1 is 1.10 bits per heavy atom. The van der Waals surface area contributed by atoms with Gasteiger partial charge in [0, 0.05) is 16.6 Å². The second-order valence-corrected chi connectivity index (χ2v) is 8.06. The van der Waals surface area contributed by atoms with E-state index in [-0.39, 0.29) is 17.6 Å². The monoisotopic (exact) mass is 445 g/mol. The molecule has 10 heteroatoms. The second-order valence-electron chi connectivity index (χ2n) is 6.69. The van der Waals surface area contributed by atoms with Gasteiger partial charge in [0.2, 0.25) is 5.91 Å². The number of hydrogen-bond acceptors (Lipinski definition) is 5. The summed E-state index contributed by atoms with van der Waals surface area (Å²) in [7, 11) is 0. The fraction of sp³-hybridized carbons (Fsp3) is 0.200. The van der Waals surface area contributed by atoms with Gasteiger partial charge in [-0.2, -0.15) is 0 Å². The SMILES string of the molecule is O=C(CSc1nnc(-c2ccccc2F)n1C1CC1)NNC(=O)c1ccc(Cl)cc1. The molecule has 0 radical (unpaired) electrons. The largest absolute Gasteiger partial charge is 0.299 e. The van der Waals surface area contributed by atoms with Crippen LogP contribution in [0.15, 0.2) is 53.7 Å². The number of hydrogen-bond donors (Lipinski definition) is 2. The van der Waals surface area contributed by atoms with Gasteiger partial charge in [-0.05, 0) is 49.2 Å². The van der Waals surface area contributed by atoms with Gasteiger partial charge in [-0.25, -0.2) is 4.39 Å². The molecule has 0 aliphatic heterocycles. The van der Waals surface area contributed by atoms with Gasteiger partial charge in [0.15, 0.2) is 11.0 Å². The van der Waals surface area contributed by atoms with E-state index in [0.717, 1.165) is 12.8 Å². The van der Waals surface area contributed by atoms with Crippen LogP contribution in [0.1, 0.15) is 29.2 Å². The van der Waals surface area contributed by atoms with E-state index in [2.05, 4.69) is 21.0 Å². The zero-order valence-corrected chi connectivity index (χ0v) is 17.2. The highest BCUT2D eigenvalue weighted by molar-refractivity contribution is 7.99. The number of thioether (sulfide) groups is 1. The number of nitrogens with zero attached hydrogens (tertiary/aromatic N) is 3. The van der Waals surface area contributed by atoms with Crippen LogP contribution in [0.2, 0.25) is 5.02 Å². The lowest BCUT2D eigenvalue weighted by Crippen LogP contribution is -2.42. The Morgan fingerprint density at radius 3 is 2.53 bits per heavy atom. The van der Waals surface area contributed by atoms with Crippen molar-refractivity contribution in [2.45, 2.75) is 24.0 Å². The summed E-state index contributed by atoms with van der Waals surface area (Å²) in [5.41, 5.74) is 5.47. The van der Waals surface area contributed by atoms with E-state index in [9.17, 15) is 14.0 Å². The number of halogens is 2. The number of amides is 2. The summed E-state index contributed by atoms with van der Waals surface area (Å²) >= 11 is 6.97. The lowest BCUT2D eigenvalue weighted by atomic mass is 10.2. The molecule has 154 valence electrons. The molecule has 7 nitrogen and oxygen atoms in total. The average Bonchev–Trinajstić information content (AvgIpc) is 3.50. The van der Waals surface area contributed by atoms with Crippen molar-refractivity contribution < 1.29 is 14.0 Å². The first-order valence-corrected chi connectivity index (χ1v) is 10.6.